The Labute approximate surface area is 137 Å². The molecule has 0 saturated carbocycles. The standard InChI is InChI=1S/C16H29NOSSi2/c1-8-14-11-13(9-10-15(14)16(18)19)12-17(20(2,3)4)21(5,6)7/h9-11H,8,12H2,1-7H3,(H,18,19). The van der Waals surface area contributed by atoms with Crippen LogP contribution in [0, 0.1) is 0 Å². The van der Waals surface area contributed by atoms with Crippen molar-refractivity contribution >= 4 is 34.2 Å². The van der Waals surface area contributed by atoms with E-state index >= 15 is 0 Å². The first-order valence-corrected chi connectivity index (χ1v) is 14.9. The summed E-state index contributed by atoms with van der Waals surface area (Å²) >= 11 is 3.97. The van der Waals surface area contributed by atoms with Crippen molar-refractivity contribution in [1.29, 1.82) is 0 Å². The molecule has 0 aliphatic rings. The van der Waals surface area contributed by atoms with Crippen LogP contribution in [-0.4, -0.2) is 25.8 Å². The highest BCUT2D eigenvalue weighted by Gasteiger charge is 2.34. The highest BCUT2D eigenvalue weighted by atomic mass is 32.1. The fourth-order valence-electron chi connectivity index (χ4n) is 2.91. The summed E-state index contributed by atoms with van der Waals surface area (Å²) in [6.07, 6.45) is 0.870. The van der Waals surface area contributed by atoms with Gasteiger partial charge < -0.3 is 4.23 Å². The quantitative estimate of drug-likeness (QED) is 0.594. The summed E-state index contributed by atoms with van der Waals surface area (Å²) in [4.78, 5) is 11.5. The maximum Gasteiger partial charge on any atom is 0.216 e. The summed E-state index contributed by atoms with van der Waals surface area (Å²) in [6, 6.07) is 6.22. The van der Waals surface area contributed by atoms with Gasteiger partial charge in [0.2, 0.25) is 5.12 Å². The predicted molar refractivity (Wildman–Crippen MR) is 101 cm³/mol. The van der Waals surface area contributed by atoms with Gasteiger partial charge in [0, 0.05) is 12.1 Å². The molecule has 0 fully saturated rings. The van der Waals surface area contributed by atoms with Crippen molar-refractivity contribution in [3.05, 3.63) is 34.9 Å². The molecule has 0 atom stereocenters. The van der Waals surface area contributed by atoms with Crippen LogP contribution in [0.5, 0.6) is 0 Å². The van der Waals surface area contributed by atoms with Crippen LogP contribution in [0.25, 0.3) is 0 Å². The first-order chi connectivity index (χ1) is 9.46. The Kier molecular flexibility index (Phi) is 6.06. The van der Waals surface area contributed by atoms with Gasteiger partial charge in [-0.15, -0.1) is 12.6 Å². The zero-order valence-electron chi connectivity index (χ0n) is 14.4. The van der Waals surface area contributed by atoms with Crippen molar-refractivity contribution in [3.63, 3.8) is 0 Å². The molecule has 1 aromatic carbocycles. The lowest BCUT2D eigenvalue weighted by molar-refractivity contribution is 0.109. The number of thiol groups is 1. The molecule has 0 unspecified atom stereocenters. The summed E-state index contributed by atoms with van der Waals surface area (Å²) in [6.45, 7) is 17.6. The zero-order valence-corrected chi connectivity index (χ0v) is 17.3. The maximum atomic E-state index is 11.5. The molecule has 0 spiro atoms. The average Bonchev–Trinajstić information content (AvgIpc) is 2.32. The van der Waals surface area contributed by atoms with E-state index in [0.29, 0.717) is 0 Å². The smallest absolute Gasteiger partial charge is 0.216 e. The largest absolute Gasteiger partial charge is 0.342 e. The van der Waals surface area contributed by atoms with Crippen LogP contribution in [-0.2, 0) is 13.0 Å². The molecule has 0 radical (unpaired) electrons. The van der Waals surface area contributed by atoms with Gasteiger partial charge in [0.15, 0.2) is 0 Å². The van der Waals surface area contributed by atoms with Gasteiger partial charge in [-0.1, -0.05) is 58.3 Å². The molecule has 0 aliphatic carbocycles. The second-order valence-corrected chi connectivity index (χ2v) is 18.2. The van der Waals surface area contributed by atoms with Crippen LogP contribution in [0.15, 0.2) is 18.2 Å². The molecule has 0 aliphatic heterocycles. The van der Waals surface area contributed by atoms with E-state index < -0.39 is 16.5 Å². The monoisotopic (exact) mass is 339 g/mol. The van der Waals surface area contributed by atoms with Crippen molar-refractivity contribution in [2.24, 2.45) is 0 Å². The summed E-state index contributed by atoms with van der Waals surface area (Å²) < 4.78 is 2.76. The Morgan fingerprint density at radius 1 is 1.10 bits per heavy atom. The van der Waals surface area contributed by atoms with E-state index in [1.165, 1.54) is 5.56 Å². The second kappa shape index (κ2) is 6.81. The molecule has 0 bridgehead atoms. The minimum atomic E-state index is -1.35. The van der Waals surface area contributed by atoms with Crippen molar-refractivity contribution < 1.29 is 4.79 Å². The molecule has 118 valence electrons. The molecule has 0 aromatic heterocycles. The highest BCUT2D eigenvalue weighted by Crippen LogP contribution is 2.24. The minimum Gasteiger partial charge on any atom is -0.342 e. The van der Waals surface area contributed by atoms with Gasteiger partial charge in [-0.3, -0.25) is 4.79 Å². The fourth-order valence-corrected chi connectivity index (χ4v) is 12.5. The first kappa shape index (κ1) is 18.7. The number of carbonyl (C=O) groups excluding carboxylic acids is 1. The average molecular weight is 340 g/mol. The zero-order chi connectivity index (χ0) is 16.4. The molecule has 0 amide bonds. The van der Waals surface area contributed by atoms with E-state index in [4.69, 9.17) is 0 Å². The van der Waals surface area contributed by atoms with Gasteiger partial charge in [0.25, 0.3) is 0 Å². The maximum absolute atomic E-state index is 11.5. The minimum absolute atomic E-state index is 0.134. The molecule has 1 aromatic rings. The van der Waals surface area contributed by atoms with Gasteiger partial charge >= 0.3 is 0 Å². The van der Waals surface area contributed by atoms with Gasteiger partial charge in [-0.2, -0.15) is 0 Å². The van der Waals surface area contributed by atoms with E-state index in [1.807, 2.05) is 6.07 Å². The fraction of sp³-hybridized carbons (Fsp3) is 0.562. The number of benzene rings is 1. The third-order valence-electron chi connectivity index (χ3n) is 3.74. The van der Waals surface area contributed by atoms with E-state index in [9.17, 15) is 4.79 Å². The molecule has 0 heterocycles. The highest BCUT2D eigenvalue weighted by molar-refractivity contribution is 7.97. The number of hydrogen-bond donors (Lipinski definition) is 1. The van der Waals surface area contributed by atoms with Crippen molar-refractivity contribution in [2.45, 2.75) is 59.2 Å². The van der Waals surface area contributed by atoms with Crippen LogP contribution in [0.3, 0.4) is 0 Å². The third kappa shape index (κ3) is 5.09. The van der Waals surface area contributed by atoms with Crippen molar-refractivity contribution in [1.82, 2.24) is 4.23 Å². The van der Waals surface area contributed by atoms with Gasteiger partial charge in [-0.25, -0.2) is 0 Å². The Hall–Kier alpha value is -0.366. The number of nitrogens with zero attached hydrogens (tertiary/aromatic N) is 1. The van der Waals surface area contributed by atoms with Gasteiger partial charge in [0.1, 0.15) is 16.5 Å². The van der Waals surface area contributed by atoms with Gasteiger partial charge in [0.05, 0.1) is 0 Å². The van der Waals surface area contributed by atoms with Crippen LogP contribution < -0.4 is 0 Å². The number of aryl methyl sites for hydroxylation is 1. The summed E-state index contributed by atoms with van der Waals surface area (Å²) in [5.74, 6) is 0. The lowest BCUT2D eigenvalue weighted by atomic mass is 10.0. The van der Waals surface area contributed by atoms with E-state index in [-0.39, 0.29) is 5.12 Å². The SMILES string of the molecule is CCc1cc(CN([Si](C)(C)C)[Si](C)(C)C)ccc1C(=O)S. The lowest BCUT2D eigenvalue weighted by Crippen LogP contribution is -2.58. The Morgan fingerprint density at radius 3 is 2.00 bits per heavy atom. The Balaban J connectivity index is 3.14. The molecule has 5 heteroatoms. The van der Waals surface area contributed by atoms with Crippen LogP contribution >= 0.6 is 12.6 Å². The van der Waals surface area contributed by atoms with Gasteiger partial charge in [-0.05, 0) is 23.6 Å². The van der Waals surface area contributed by atoms with E-state index in [0.717, 1.165) is 24.1 Å². The number of hydrogen-bond acceptors (Lipinski definition) is 2. The van der Waals surface area contributed by atoms with Crippen molar-refractivity contribution in [2.75, 3.05) is 0 Å². The Bertz CT molecular complexity index is 504. The first-order valence-electron chi connectivity index (χ1n) is 7.59. The molecule has 21 heavy (non-hydrogen) atoms. The number of carbonyl (C=O) groups is 1. The second-order valence-electron chi connectivity index (χ2n) is 7.58. The summed E-state index contributed by atoms with van der Waals surface area (Å²) in [5, 5.41) is -0.134. The normalized spacial score (nSPS) is 12.8. The third-order valence-corrected chi connectivity index (χ3v) is 11.6. The lowest BCUT2D eigenvalue weighted by Gasteiger charge is -2.43. The Morgan fingerprint density at radius 2 is 1.62 bits per heavy atom. The van der Waals surface area contributed by atoms with Crippen LogP contribution in [0.2, 0.25) is 39.3 Å². The van der Waals surface area contributed by atoms with Crippen molar-refractivity contribution in [3.8, 4) is 0 Å². The molecule has 0 N–H and O–H groups in total. The number of rotatable bonds is 6. The van der Waals surface area contributed by atoms with Crippen LogP contribution in [0.1, 0.15) is 28.4 Å². The van der Waals surface area contributed by atoms with E-state index in [1.54, 1.807) is 0 Å². The van der Waals surface area contributed by atoms with E-state index in [2.05, 4.69) is 75.2 Å². The molecule has 2 nitrogen and oxygen atoms in total. The predicted octanol–water partition coefficient (Wildman–Crippen LogP) is 4.79. The topological polar surface area (TPSA) is 20.3 Å². The molecule has 0 saturated heterocycles. The summed E-state index contributed by atoms with van der Waals surface area (Å²) in [7, 11) is -2.71. The molecular weight excluding hydrogens is 310 g/mol. The molecular formula is C16H29NOSSi2. The molecule has 1 rings (SSSR count). The summed E-state index contributed by atoms with van der Waals surface area (Å²) in [5.41, 5.74) is 3.17. The van der Waals surface area contributed by atoms with Crippen LogP contribution in [0.4, 0.5) is 0 Å².